The van der Waals surface area contributed by atoms with Crippen molar-refractivity contribution in [3.05, 3.63) is 52.0 Å². The van der Waals surface area contributed by atoms with E-state index in [0.717, 1.165) is 4.90 Å². The van der Waals surface area contributed by atoms with Gasteiger partial charge in [-0.25, -0.2) is 8.78 Å². The zero-order valence-corrected chi connectivity index (χ0v) is 18.7. The highest BCUT2D eigenvalue weighted by Gasteiger charge is 2.74. The third-order valence-electron chi connectivity index (χ3n) is 6.72. The number of aromatic hydroxyl groups is 1. The van der Waals surface area contributed by atoms with Gasteiger partial charge in [-0.05, 0) is 24.3 Å². The second kappa shape index (κ2) is 7.53. The first kappa shape index (κ1) is 22.8. The molecule has 0 aromatic heterocycles. The van der Waals surface area contributed by atoms with Gasteiger partial charge in [-0.3, -0.25) is 19.3 Å². The number of anilines is 2. The molecular formula is C22H17Cl2F2N3O5. The second-order valence-corrected chi connectivity index (χ2v) is 9.51. The number of nitrogens with zero attached hydrogens (tertiary/aromatic N) is 1. The predicted octanol–water partition coefficient (Wildman–Crippen LogP) is 3.53. The van der Waals surface area contributed by atoms with Gasteiger partial charge < -0.3 is 20.8 Å². The molecule has 0 aliphatic carbocycles. The van der Waals surface area contributed by atoms with Gasteiger partial charge in [0.25, 0.3) is 11.8 Å². The number of benzene rings is 2. The standard InChI is InChI=1S/C22H17Cl2F2N3O5/c23-9-4-12-17(13(24)5-9)28-20(34)22(12)16(19(32)33)15(14-7-21(25,26)8-29(14)22)18(31)27-10-2-1-3-11(30)6-10/h1-6,14-16,30H,7-8H2,(H,27,31)(H,28,34)(H,32,33). The molecule has 4 N–H and O–H groups in total. The third-order valence-corrected chi connectivity index (χ3v) is 7.24. The summed E-state index contributed by atoms with van der Waals surface area (Å²) in [5.41, 5.74) is -1.86. The zero-order chi connectivity index (χ0) is 24.6. The van der Waals surface area contributed by atoms with Crippen molar-refractivity contribution in [2.75, 3.05) is 17.2 Å². The summed E-state index contributed by atoms with van der Waals surface area (Å²) in [6.07, 6.45) is -0.812. The van der Waals surface area contributed by atoms with E-state index in [9.17, 15) is 33.4 Å². The van der Waals surface area contributed by atoms with Crippen molar-refractivity contribution < 1.29 is 33.4 Å². The highest BCUT2D eigenvalue weighted by Crippen LogP contribution is 2.61. The van der Waals surface area contributed by atoms with E-state index in [1.165, 1.54) is 36.4 Å². The maximum Gasteiger partial charge on any atom is 0.310 e. The molecule has 12 heteroatoms. The molecule has 3 heterocycles. The fraction of sp³-hybridized carbons (Fsp3) is 0.318. The quantitative estimate of drug-likeness (QED) is 0.500. The first-order chi connectivity index (χ1) is 16.0. The average Bonchev–Trinajstić information content (AvgIpc) is 3.29. The lowest BCUT2D eigenvalue weighted by atomic mass is 9.73. The summed E-state index contributed by atoms with van der Waals surface area (Å²) >= 11 is 12.4. The van der Waals surface area contributed by atoms with E-state index < -0.39 is 60.1 Å². The number of amides is 2. The zero-order valence-electron chi connectivity index (χ0n) is 17.2. The van der Waals surface area contributed by atoms with Crippen LogP contribution >= 0.6 is 23.2 Å². The molecule has 2 fully saturated rings. The number of phenols is 1. The fourth-order valence-corrected chi connectivity index (χ4v) is 6.15. The lowest BCUT2D eigenvalue weighted by molar-refractivity contribution is -0.153. The van der Waals surface area contributed by atoms with E-state index in [-0.39, 0.29) is 32.7 Å². The predicted molar refractivity (Wildman–Crippen MR) is 118 cm³/mol. The van der Waals surface area contributed by atoms with Gasteiger partial charge in [0.1, 0.15) is 17.2 Å². The van der Waals surface area contributed by atoms with Gasteiger partial charge >= 0.3 is 5.97 Å². The summed E-state index contributed by atoms with van der Waals surface area (Å²) < 4.78 is 29.3. The van der Waals surface area contributed by atoms with Crippen molar-refractivity contribution >= 4 is 52.4 Å². The first-order valence-electron chi connectivity index (χ1n) is 10.2. The van der Waals surface area contributed by atoms with Crippen LogP contribution in [0.2, 0.25) is 10.0 Å². The summed E-state index contributed by atoms with van der Waals surface area (Å²) in [5, 5.41) is 25.1. The molecule has 8 nitrogen and oxygen atoms in total. The number of carboxylic acids is 1. The summed E-state index contributed by atoms with van der Waals surface area (Å²) in [7, 11) is 0. The molecule has 34 heavy (non-hydrogen) atoms. The van der Waals surface area contributed by atoms with Gasteiger partial charge in [0.2, 0.25) is 5.91 Å². The molecule has 2 aromatic carbocycles. The Kier molecular flexibility index (Phi) is 5.05. The minimum atomic E-state index is -3.27. The highest BCUT2D eigenvalue weighted by atomic mass is 35.5. The molecule has 4 atom stereocenters. The maximum absolute atomic E-state index is 14.7. The van der Waals surface area contributed by atoms with Crippen LogP contribution < -0.4 is 10.6 Å². The summed E-state index contributed by atoms with van der Waals surface area (Å²) in [5.74, 6) is -9.91. The molecule has 3 aliphatic rings. The molecule has 3 aliphatic heterocycles. The SMILES string of the molecule is O=C(Nc1cccc(O)c1)C1C2CC(F)(F)CN2C2(C(=O)Nc3c(Cl)cc(Cl)cc32)C1C(=O)O. The van der Waals surface area contributed by atoms with Gasteiger partial charge in [0.15, 0.2) is 0 Å². The van der Waals surface area contributed by atoms with Gasteiger partial charge in [0.05, 0.1) is 23.2 Å². The monoisotopic (exact) mass is 511 g/mol. The molecule has 4 unspecified atom stereocenters. The Bertz CT molecular complexity index is 1260. The van der Waals surface area contributed by atoms with Gasteiger partial charge in [-0.2, -0.15) is 0 Å². The van der Waals surface area contributed by atoms with Crippen LogP contribution in [0.5, 0.6) is 5.75 Å². The van der Waals surface area contributed by atoms with Crippen LogP contribution in [0.25, 0.3) is 0 Å². The molecule has 1 spiro atoms. The van der Waals surface area contributed by atoms with E-state index in [1.54, 1.807) is 0 Å². The van der Waals surface area contributed by atoms with Crippen LogP contribution in [0.1, 0.15) is 12.0 Å². The molecule has 178 valence electrons. The lowest BCUT2D eigenvalue weighted by Gasteiger charge is -2.35. The Morgan fingerprint density at radius 3 is 2.62 bits per heavy atom. The van der Waals surface area contributed by atoms with E-state index in [4.69, 9.17) is 23.2 Å². The smallest absolute Gasteiger partial charge is 0.310 e. The Hall–Kier alpha value is -2.95. The average molecular weight is 512 g/mol. The molecule has 0 saturated carbocycles. The van der Waals surface area contributed by atoms with Crippen molar-refractivity contribution in [1.29, 1.82) is 0 Å². The summed E-state index contributed by atoms with van der Waals surface area (Å²) in [4.78, 5) is 40.5. The Morgan fingerprint density at radius 2 is 1.94 bits per heavy atom. The van der Waals surface area contributed by atoms with E-state index in [1.807, 2.05) is 0 Å². The second-order valence-electron chi connectivity index (χ2n) is 8.67. The molecule has 2 amide bonds. The number of alkyl halides is 2. The van der Waals surface area contributed by atoms with Crippen LogP contribution in [-0.2, 0) is 19.9 Å². The molecular weight excluding hydrogens is 495 g/mol. The number of carboxylic acid groups (broad SMARTS) is 1. The number of halogens is 4. The maximum atomic E-state index is 14.7. The van der Waals surface area contributed by atoms with E-state index in [0.29, 0.717) is 0 Å². The van der Waals surface area contributed by atoms with Crippen molar-refractivity contribution in [1.82, 2.24) is 4.90 Å². The van der Waals surface area contributed by atoms with E-state index >= 15 is 0 Å². The highest BCUT2D eigenvalue weighted by molar-refractivity contribution is 6.38. The van der Waals surface area contributed by atoms with Crippen molar-refractivity contribution in [2.45, 2.75) is 23.9 Å². The van der Waals surface area contributed by atoms with Gasteiger partial charge in [-0.15, -0.1) is 0 Å². The van der Waals surface area contributed by atoms with E-state index in [2.05, 4.69) is 10.6 Å². The number of rotatable bonds is 3. The fourth-order valence-electron chi connectivity index (χ4n) is 5.61. The summed E-state index contributed by atoms with van der Waals surface area (Å²) in [6.45, 7) is -0.922. The van der Waals surface area contributed by atoms with Crippen molar-refractivity contribution in [2.24, 2.45) is 11.8 Å². The summed E-state index contributed by atoms with van der Waals surface area (Å²) in [6, 6.07) is 6.91. The minimum Gasteiger partial charge on any atom is -0.508 e. The Balaban J connectivity index is 1.69. The number of carbonyl (C=O) groups excluding carboxylic acids is 2. The number of phenolic OH excluding ortho intramolecular Hbond substituents is 1. The topological polar surface area (TPSA) is 119 Å². The molecule has 0 radical (unpaired) electrons. The van der Waals surface area contributed by atoms with Crippen LogP contribution in [0.3, 0.4) is 0 Å². The molecule has 2 aromatic rings. The molecule has 0 bridgehead atoms. The van der Waals surface area contributed by atoms with Crippen molar-refractivity contribution in [3.63, 3.8) is 0 Å². The minimum absolute atomic E-state index is 0.0204. The Labute approximate surface area is 201 Å². The number of nitrogens with one attached hydrogen (secondary N) is 2. The first-order valence-corrected chi connectivity index (χ1v) is 11.0. The Morgan fingerprint density at radius 1 is 1.21 bits per heavy atom. The number of carbonyl (C=O) groups is 3. The van der Waals surface area contributed by atoms with Crippen LogP contribution in [-0.4, -0.2) is 51.4 Å². The largest absolute Gasteiger partial charge is 0.508 e. The van der Waals surface area contributed by atoms with Gasteiger partial charge in [-0.1, -0.05) is 29.3 Å². The van der Waals surface area contributed by atoms with Gasteiger partial charge in [0, 0.05) is 34.8 Å². The number of hydrogen-bond donors (Lipinski definition) is 4. The molecule has 5 rings (SSSR count). The lowest BCUT2D eigenvalue weighted by Crippen LogP contribution is -2.54. The third kappa shape index (κ3) is 3.16. The van der Waals surface area contributed by atoms with Crippen molar-refractivity contribution in [3.8, 4) is 5.75 Å². The molecule has 2 saturated heterocycles. The van der Waals surface area contributed by atoms with Crippen LogP contribution in [0.4, 0.5) is 20.2 Å². The van der Waals surface area contributed by atoms with Crippen LogP contribution in [0, 0.1) is 11.8 Å². The normalized spacial score (nSPS) is 29.1. The number of hydrogen-bond acceptors (Lipinski definition) is 5. The number of fused-ring (bicyclic) bond motifs is 4. The van der Waals surface area contributed by atoms with Crippen LogP contribution in [0.15, 0.2) is 36.4 Å². The number of aliphatic carboxylic acids is 1.